The predicted molar refractivity (Wildman–Crippen MR) is 72.9 cm³/mol. The van der Waals surface area contributed by atoms with Crippen molar-refractivity contribution >= 4 is 30.2 Å². The van der Waals surface area contributed by atoms with Crippen molar-refractivity contribution in [1.29, 1.82) is 0 Å². The normalized spacial score (nSPS) is 24.2. The van der Waals surface area contributed by atoms with Crippen molar-refractivity contribution in [3.05, 3.63) is 29.4 Å². The Morgan fingerprint density at radius 3 is 3.10 bits per heavy atom. The van der Waals surface area contributed by atoms with Crippen LogP contribution in [0.3, 0.4) is 0 Å². The average Bonchev–Trinajstić information content (AvgIpc) is 3.01. The molecule has 0 aromatic carbocycles. The number of imidazole rings is 1. The molecule has 21 heavy (non-hydrogen) atoms. The maximum atomic E-state index is 11.9. The minimum atomic E-state index is -0.573. The maximum Gasteiger partial charge on any atom is 0.424 e. The number of hydrogen-bond donors (Lipinski definition) is 1. The number of β-lactam (4-membered cyclic amide) rings is 1. The van der Waals surface area contributed by atoms with Gasteiger partial charge in [0.2, 0.25) is 12.3 Å². The van der Waals surface area contributed by atoms with Gasteiger partial charge in [-0.05, 0) is 6.92 Å². The third-order valence-electron chi connectivity index (χ3n) is 3.32. The summed E-state index contributed by atoms with van der Waals surface area (Å²) >= 11 is 1.40. The highest BCUT2D eigenvalue weighted by molar-refractivity contribution is 8.03. The van der Waals surface area contributed by atoms with Crippen molar-refractivity contribution in [1.82, 2.24) is 19.8 Å². The fourth-order valence-electron chi connectivity index (χ4n) is 2.19. The van der Waals surface area contributed by atoms with Crippen LogP contribution in [0.1, 0.15) is 6.92 Å². The molecule has 2 aliphatic heterocycles. The highest BCUT2D eigenvalue weighted by atomic mass is 32.2. The van der Waals surface area contributed by atoms with E-state index < -0.39 is 12.1 Å². The lowest BCUT2D eigenvalue weighted by atomic mass is 10.1. The first-order valence-corrected chi connectivity index (χ1v) is 7.06. The summed E-state index contributed by atoms with van der Waals surface area (Å²) in [5.41, 5.74) is 0. The van der Waals surface area contributed by atoms with E-state index in [1.807, 2.05) is 6.92 Å². The molecule has 0 radical (unpaired) electrons. The van der Waals surface area contributed by atoms with Crippen LogP contribution in [0.15, 0.2) is 29.4 Å². The smallest absolute Gasteiger partial charge is 0.411 e. The van der Waals surface area contributed by atoms with Gasteiger partial charge in [0.1, 0.15) is 23.5 Å². The molecule has 0 bridgehead atoms. The fraction of sp³-hybridized carbons (Fsp3) is 0.333. The van der Waals surface area contributed by atoms with Crippen molar-refractivity contribution in [3.8, 4) is 0 Å². The average molecular weight is 308 g/mol. The van der Waals surface area contributed by atoms with Crippen molar-refractivity contribution in [2.45, 2.75) is 18.3 Å². The largest absolute Gasteiger partial charge is 0.424 e. The summed E-state index contributed by atoms with van der Waals surface area (Å²) in [6, 6.07) is -0.506. The van der Waals surface area contributed by atoms with Crippen LogP contribution in [0.4, 0.5) is 4.79 Å². The second kappa shape index (κ2) is 5.24. The molecule has 1 unspecified atom stereocenters. The number of nitrogens with zero attached hydrogens (tertiary/aromatic N) is 3. The lowest BCUT2D eigenvalue weighted by molar-refractivity contribution is -0.147. The summed E-state index contributed by atoms with van der Waals surface area (Å²) in [6.07, 6.45) is 4.25. The molecular formula is C12H12N4O4S. The zero-order valence-corrected chi connectivity index (χ0v) is 11.9. The number of thioether (sulfide) groups is 1. The second-order valence-corrected chi connectivity index (χ2v) is 5.89. The number of aromatic nitrogens is 2. The highest BCUT2D eigenvalue weighted by Crippen LogP contribution is 2.40. The topological polar surface area (TPSA) is 93.5 Å². The number of carbonyl (C=O) groups excluding carboxylic acids is 3. The van der Waals surface area contributed by atoms with Gasteiger partial charge < -0.3 is 15.0 Å². The van der Waals surface area contributed by atoms with Crippen LogP contribution >= 0.6 is 11.8 Å². The third kappa shape index (κ3) is 2.29. The van der Waals surface area contributed by atoms with Gasteiger partial charge in [-0.1, -0.05) is 11.8 Å². The van der Waals surface area contributed by atoms with Crippen LogP contribution in [0, 0.1) is 0 Å². The minimum absolute atomic E-state index is 0.140. The van der Waals surface area contributed by atoms with E-state index in [1.165, 1.54) is 35.0 Å². The van der Waals surface area contributed by atoms with E-state index in [4.69, 9.17) is 4.74 Å². The van der Waals surface area contributed by atoms with E-state index in [0.29, 0.717) is 12.2 Å². The lowest BCUT2D eigenvalue weighted by Crippen LogP contribution is -2.69. The van der Waals surface area contributed by atoms with Gasteiger partial charge in [-0.3, -0.25) is 9.59 Å². The molecule has 3 rings (SSSR count). The molecule has 2 aliphatic rings. The second-order valence-electron chi connectivity index (χ2n) is 4.55. The molecule has 2 amide bonds. The lowest BCUT2D eigenvalue weighted by Gasteiger charge is -2.48. The first-order chi connectivity index (χ1) is 10.1. The molecule has 0 aliphatic carbocycles. The van der Waals surface area contributed by atoms with Crippen LogP contribution in [-0.4, -0.2) is 50.8 Å². The quantitative estimate of drug-likeness (QED) is 0.630. The summed E-state index contributed by atoms with van der Waals surface area (Å²) in [7, 11) is 0. The molecule has 1 saturated heterocycles. The van der Waals surface area contributed by atoms with E-state index in [-0.39, 0.29) is 17.8 Å². The molecule has 1 fully saturated rings. The van der Waals surface area contributed by atoms with Gasteiger partial charge in [0.25, 0.3) is 0 Å². The summed E-state index contributed by atoms with van der Waals surface area (Å²) in [5, 5.41) is 2.35. The van der Waals surface area contributed by atoms with E-state index in [2.05, 4.69) is 10.3 Å². The van der Waals surface area contributed by atoms with Crippen molar-refractivity contribution in [2.75, 3.05) is 6.54 Å². The molecule has 1 aromatic heterocycles. The first-order valence-electron chi connectivity index (χ1n) is 6.18. The van der Waals surface area contributed by atoms with Gasteiger partial charge in [0.15, 0.2) is 0 Å². The van der Waals surface area contributed by atoms with Crippen LogP contribution < -0.4 is 5.32 Å². The Labute approximate surface area is 124 Å². The van der Waals surface area contributed by atoms with Gasteiger partial charge >= 0.3 is 6.09 Å². The number of nitrogens with one attached hydrogen (secondary N) is 1. The third-order valence-corrected chi connectivity index (χ3v) is 4.67. The van der Waals surface area contributed by atoms with Gasteiger partial charge in [0, 0.05) is 17.3 Å². The monoisotopic (exact) mass is 308 g/mol. The number of ether oxygens (including phenoxy) is 1. The van der Waals surface area contributed by atoms with E-state index in [1.54, 1.807) is 4.90 Å². The Bertz CT molecular complexity index is 627. The summed E-state index contributed by atoms with van der Waals surface area (Å²) in [6.45, 7) is 2.04. The Morgan fingerprint density at radius 2 is 2.43 bits per heavy atom. The summed E-state index contributed by atoms with van der Waals surface area (Å²) in [4.78, 5) is 40.4. The number of rotatable bonds is 3. The summed E-state index contributed by atoms with van der Waals surface area (Å²) in [5.74, 6) is 0.260. The van der Waals surface area contributed by atoms with Gasteiger partial charge in [-0.15, -0.1) is 0 Å². The molecule has 0 saturated carbocycles. The Morgan fingerprint density at radius 1 is 1.62 bits per heavy atom. The summed E-state index contributed by atoms with van der Waals surface area (Å²) < 4.78 is 6.52. The van der Waals surface area contributed by atoms with Gasteiger partial charge in [-0.25, -0.2) is 14.3 Å². The van der Waals surface area contributed by atoms with E-state index in [9.17, 15) is 14.4 Å². The van der Waals surface area contributed by atoms with E-state index in [0.717, 1.165) is 4.91 Å². The van der Waals surface area contributed by atoms with Crippen LogP contribution in [0.25, 0.3) is 0 Å². The van der Waals surface area contributed by atoms with Crippen molar-refractivity contribution < 1.29 is 19.1 Å². The zero-order valence-electron chi connectivity index (χ0n) is 11.1. The van der Waals surface area contributed by atoms with E-state index >= 15 is 0 Å². The molecule has 9 heteroatoms. The molecule has 0 spiro atoms. The molecule has 1 aromatic rings. The molecule has 3 heterocycles. The number of carbonyl (C=O) groups is 3. The van der Waals surface area contributed by atoms with Gasteiger partial charge in [0.05, 0.1) is 6.54 Å². The number of fused-ring (bicyclic) bond motifs is 1. The SMILES string of the molecule is CC1=C(OC(=O)n2ccnc2)CN2C(=O)C(NC=O)[C@H]2S1. The Balaban J connectivity index is 1.72. The standard InChI is InChI=1S/C12H12N4O4S/c1-7-8(20-12(19)15-3-2-13-5-15)4-16-10(18)9(14-6-17)11(16)21-7/h2-3,5-6,9,11H,4H2,1H3,(H,14,17)/t9?,11-/m1/s1. The zero-order chi connectivity index (χ0) is 15.0. The molecule has 2 atom stereocenters. The number of hydrogen-bond acceptors (Lipinski definition) is 6. The molecule has 8 nitrogen and oxygen atoms in total. The van der Waals surface area contributed by atoms with Crippen LogP contribution in [-0.2, 0) is 14.3 Å². The highest BCUT2D eigenvalue weighted by Gasteiger charge is 2.50. The fourth-order valence-corrected chi connectivity index (χ4v) is 3.43. The minimum Gasteiger partial charge on any atom is -0.411 e. The molecular weight excluding hydrogens is 296 g/mol. The van der Waals surface area contributed by atoms with Crippen molar-refractivity contribution in [2.24, 2.45) is 0 Å². The van der Waals surface area contributed by atoms with Crippen LogP contribution in [0.2, 0.25) is 0 Å². The Kier molecular flexibility index (Phi) is 3.42. The molecule has 1 N–H and O–H groups in total. The predicted octanol–water partition coefficient (Wildman–Crippen LogP) is 0.129. The number of allylic oxidation sites excluding steroid dienone is 1. The van der Waals surface area contributed by atoms with Crippen molar-refractivity contribution in [3.63, 3.8) is 0 Å². The maximum absolute atomic E-state index is 11.9. The molecule has 110 valence electrons. The van der Waals surface area contributed by atoms with Gasteiger partial charge in [-0.2, -0.15) is 0 Å². The first kappa shape index (κ1) is 13.7. The van der Waals surface area contributed by atoms with Crippen LogP contribution in [0.5, 0.6) is 0 Å². The number of amides is 2. The Hall–Kier alpha value is -2.29.